The molecule has 2 aromatic carbocycles. The number of rotatable bonds is 2. The fourth-order valence-electron chi connectivity index (χ4n) is 1.58. The molecule has 1 heterocycles. The van der Waals surface area contributed by atoms with Crippen molar-refractivity contribution in [2.24, 2.45) is 0 Å². The van der Waals surface area contributed by atoms with Crippen LogP contribution in [0.25, 0.3) is 0 Å². The number of carbonyl (C=O) groups is 1. The minimum atomic E-state index is -0.0776. The third-order valence-electron chi connectivity index (χ3n) is 2.53. The SMILES string of the molecule is Cc1nc(C(=O)c2ccccc2)c[n-]1.[W+2].[c-]1ccccc1. The second-order valence-electron chi connectivity index (χ2n) is 4.07. The van der Waals surface area contributed by atoms with E-state index in [4.69, 9.17) is 0 Å². The van der Waals surface area contributed by atoms with Crippen LogP contribution >= 0.6 is 0 Å². The van der Waals surface area contributed by atoms with Crippen LogP contribution in [0.15, 0.2) is 66.9 Å². The summed E-state index contributed by atoms with van der Waals surface area (Å²) in [6.45, 7) is 1.77. The largest absolute Gasteiger partial charge is 2.00 e. The molecule has 0 fully saturated rings. The standard InChI is InChI=1S/C11H10N2O.C6H5.W/c1-8-12-7-10(13-8)11(14)9-5-3-2-4-6-9;1-2-4-6-5-3-1;/h2-7H,1H3,(H,12,13,14);1-5H;/q;-1;+2/p-1. The monoisotopic (exact) mass is 446 g/mol. The second-order valence-corrected chi connectivity index (χ2v) is 4.07. The topological polar surface area (TPSA) is 44.1 Å². The van der Waals surface area contributed by atoms with Gasteiger partial charge in [-0.15, -0.1) is 0 Å². The van der Waals surface area contributed by atoms with Gasteiger partial charge in [-0.25, -0.2) is 0 Å². The maximum Gasteiger partial charge on any atom is 2.00 e. The van der Waals surface area contributed by atoms with E-state index in [0.717, 1.165) is 0 Å². The molecule has 0 spiro atoms. The van der Waals surface area contributed by atoms with Crippen molar-refractivity contribution in [1.82, 2.24) is 9.97 Å². The second kappa shape index (κ2) is 9.04. The summed E-state index contributed by atoms with van der Waals surface area (Å²) in [6.07, 6.45) is 1.50. The Kier molecular flexibility index (Phi) is 7.34. The van der Waals surface area contributed by atoms with E-state index in [-0.39, 0.29) is 26.8 Å². The molecule has 0 amide bonds. The Labute approximate surface area is 138 Å². The van der Waals surface area contributed by atoms with E-state index in [9.17, 15) is 4.79 Å². The Morgan fingerprint density at radius 2 is 1.67 bits per heavy atom. The Hall–Kier alpha value is -1.99. The van der Waals surface area contributed by atoms with E-state index >= 15 is 0 Å². The quantitative estimate of drug-likeness (QED) is 0.449. The number of hydrogen-bond acceptors (Lipinski definition) is 2. The van der Waals surface area contributed by atoms with Crippen LogP contribution in [0.4, 0.5) is 0 Å². The molecule has 1 aromatic heterocycles. The smallest absolute Gasteiger partial charge is 0.446 e. The molecule has 0 aliphatic carbocycles. The number of ketones is 1. The van der Waals surface area contributed by atoms with Gasteiger partial charge in [0.15, 0.2) is 5.78 Å². The van der Waals surface area contributed by atoms with Crippen molar-refractivity contribution in [3.63, 3.8) is 0 Å². The van der Waals surface area contributed by atoms with E-state index in [1.807, 2.05) is 48.5 Å². The zero-order chi connectivity index (χ0) is 14.2. The summed E-state index contributed by atoms with van der Waals surface area (Å²) in [5.74, 6) is 0.551. The average Bonchev–Trinajstić information content (AvgIpc) is 2.96. The van der Waals surface area contributed by atoms with Crippen LogP contribution in [0.3, 0.4) is 0 Å². The van der Waals surface area contributed by atoms with Crippen molar-refractivity contribution in [3.05, 3.63) is 90.0 Å². The first-order valence-electron chi connectivity index (χ1n) is 6.24. The maximum atomic E-state index is 11.8. The summed E-state index contributed by atoms with van der Waals surface area (Å²) >= 11 is 0. The molecular weight excluding hydrogens is 432 g/mol. The van der Waals surface area contributed by atoms with Crippen LogP contribution in [-0.4, -0.2) is 10.8 Å². The van der Waals surface area contributed by atoms with Gasteiger partial charge in [0.2, 0.25) is 0 Å². The molecule has 0 saturated carbocycles. The first kappa shape index (κ1) is 17.1. The van der Waals surface area contributed by atoms with Crippen molar-refractivity contribution in [2.75, 3.05) is 0 Å². The first-order chi connectivity index (χ1) is 9.77. The van der Waals surface area contributed by atoms with Crippen molar-refractivity contribution in [1.29, 1.82) is 0 Å². The van der Waals surface area contributed by atoms with Crippen LogP contribution < -0.4 is 4.98 Å². The number of aromatic nitrogens is 2. The van der Waals surface area contributed by atoms with Gasteiger partial charge in [-0.2, -0.15) is 36.4 Å². The molecular formula is C17H14N2OW. The molecule has 0 bridgehead atoms. The zero-order valence-corrected chi connectivity index (χ0v) is 14.5. The first-order valence-corrected chi connectivity index (χ1v) is 6.24. The molecule has 0 aliphatic rings. The molecule has 0 aliphatic heterocycles. The van der Waals surface area contributed by atoms with Crippen LogP contribution in [0, 0.1) is 13.0 Å². The summed E-state index contributed by atoms with van der Waals surface area (Å²) in [4.78, 5) is 19.7. The summed E-state index contributed by atoms with van der Waals surface area (Å²) in [5, 5.41) is 0. The Morgan fingerprint density at radius 1 is 1.05 bits per heavy atom. The molecule has 0 atom stereocenters. The predicted octanol–water partition coefficient (Wildman–Crippen LogP) is 3.06. The van der Waals surface area contributed by atoms with Gasteiger partial charge in [0.05, 0.1) is 0 Å². The van der Waals surface area contributed by atoms with Crippen LogP contribution in [0.2, 0.25) is 0 Å². The molecule has 104 valence electrons. The summed E-state index contributed by atoms with van der Waals surface area (Å²) in [5.41, 5.74) is 1.06. The van der Waals surface area contributed by atoms with Gasteiger partial charge in [-0.3, -0.25) is 4.79 Å². The van der Waals surface area contributed by atoms with Gasteiger partial charge in [-0.05, 0) is 6.92 Å². The molecule has 0 unspecified atom stereocenters. The van der Waals surface area contributed by atoms with Gasteiger partial charge < -0.3 is 9.97 Å². The van der Waals surface area contributed by atoms with Gasteiger partial charge in [-0.1, -0.05) is 42.4 Å². The summed E-state index contributed by atoms with van der Waals surface area (Å²) in [6, 6.07) is 21.6. The molecule has 3 aromatic rings. The fraction of sp³-hybridized carbons (Fsp3) is 0.0588. The minimum Gasteiger partial charge on any atom is -0.446 e. The van der Waals surface area contributed by atoms with Crippen molar-refractivity contribution >= 4 is 5.78 Å². The third kappa shape index (κ3) is 5.48. The predicted molar refractivity (Wildman–Crippen MR) is 77.4 cm³/mol. The van der Waals surface area contributed by atoms with Crippen molar-refractivity contribution in [3.8, 4) is 0 Å². The molecule has 21 heavy (non-hydrogen) atoms. The summed E-state index contributed by atoms with van der Waals surface area (Å²) < 4.78 is 0. The van der Waals surface area contributed by atoms with E-state index in [0.29, 0.717) is 17.1 Å². The van der Waals surface area contributed by atoms with Gasteiger partial charge in [0, 0.05) is 11.3 Å². The van der Waals surface area contributed by atoms with Crippen LogP contribution in [-0.2, 0) is 21.1 Å². The molecule has 0 N–H and O–H groups in total. The number of nitrogens with zero attached hydrogens (tertiary/aromatic N) is 2. The van der Waals surface area contributed by atoms with Gasteiger partial charge in [0.1, 0.15) is 0 Å². The fourth-order valence-corrected chi connectivity index (χ4v) is 1.58. The van der Waals surface area contributed by atoms with E-state index in [2.05, 4.69) is 16.0 Å². The van der Waals surface area contributed by atoms with Crippen LogP contribution in [0.1, 0.15) is 21.9 Å². The molecule has 3 nitrogen and oxygen atoms in total. The van der Waals surface area contributed by atoms with Gasteiger partial charge >= 0.3 is 21.1 Å². The Morgan fingerprint density at radius 3 is 2.10 bits per heavy atom. The minimum absolute atomic E-state index is 0. The molecule has 0 saturated heterocycles. The summed E-state index contributed by atoms with van der Waals surface area (Å²) in [7, 11) is 0. The van der Waals surface area contributed by atoms with E-state index in [1.54, 1.807) is 19.1 Å². The number of carbonyl (C=O) groups excluding carboxylic acids is 1. The van der Waals surface area contributed by atoms with Crippen molar-refractivity contribution < 1.29 is 25.9 Å². The van der Waals surface area contributed by atoms with E-state index in [1.165, 1.54) is 6.20 Å². The van der Waals surface area contributed by atoms with Crippen LogP contribution in [0.5, 0.6) is 0 Å². The van der Waals surface area contributed by atoms with Gasteiger partial charge in [0.25, 0.3) is 0 Å². The number of imidazole rings is 1. The number of hydrogen-bond donors (Lipinski definition) is 0. The Bertz CT molecular complexity index is 624. The zero-order valence-electron chi connectivity index (χ0n) is 11.6. The molecule has 0 radical (unpaired) electrons. The van der Waals surface area contributed by atoms with E-state index < -0.39 is 0 Å². The number of benzene rings is 2. The van der Waals surface area contributed by atoms with Crippen molar-refractivity contribution in [2.45, 2.75) is 6.92 Å². The normalized spacial score (nSPS) is 9.00. The Balaban J connectivity index is 0.000000267. The average molecular weight is 446 g/mol. The molecule has 4 heteroatoms. The third-order valence-corrected chi connectivity index (χ3v) is 2.53. The molecule has 3 rings (SSSR count). The maximum absolute atomic E-state index is 11.8. The number of aryl methyl sites for hydroxylation is 1.